The Hall–Kier alpha value is -2.20. The Morgan fingerprint density at radius 1 is 1.10 bits per heavy atom. The van der Waals surface area contributed by atoms with E-state index in [1.807, 2.05) is 55.5 Å². The van der Waals surface area contributed by atoms with Crippen LogP contribution < -0.4 is 0 Å². The molecule has 0 atom stereocenters. The molecule has 0 amide bonds. The van der Waals surface area contributed by atoms with E-state index in [2.05, 4.69) is 21.0 Å². The highest BCUT2D eigenvalue weighted by Gasteiger charge is 2.13. The third kappa shape index (κ3) is 2.67. The maximum absolute atomic E-state index is 11.3. The van der Waals surface area contributed by atoms with Crippen molar-refractivity contribution < 1.29 is 4.79 Å². The van der Waals surface area contributed by atoms with Crippen LogP contribution in [0.2, 0.25) is 0 Å². The van der Waals surface area contributed by atoms with Crippen LogP contribution in [0.25, 0.3) is 16.9 Å². The van der Waals surface area contributed by atoms with Gasteiger partial charge in [-0.05, 0) is 25.1 Å². The van der Waals surface area contributed by atoms with Gasteiger partial charge in [0.05, 0.1) is 11.3 Å². The van der Waals surface area contributed by atoms with Gasteiger partial charge in [-0.2, -0.15) is 5.10 Å². The summed E-state index contributed by atoms with van der Waals surface area (Å²) in [6, 6.07) is 15.8. The lowest BCUT2D eigenvalue weighted by Crippen LogP contribution is -1.94. The normalized spacial score (nSPS) is 10.6. The van der Waals surface area contributed by atoms with Gasteiger partial charge in [0.25, 0.3) is 0 Å². The van der Waals surface area contributed by atoms with E-state index in [0.717, 1.165) is 22.0 Å². The lowest BCUT2D eigenvalue weighted by atomic mass is 10.1. The van der Waals surface area contributed by atoms with Crippen molar-refractivity contribution in [3.8, 4) is 16.9 Å². The molecule has 0 bridgehead atoms. The molecule has 4 heteroatoms. The number of hydrogen-bond donors (Lipinski definition) is 0. The minimum absolute atomic E-state index is 0.572. The van der Waals surface area contributed by atoms with Crippen LogP contribution in [0.4, 0.5) is 0 Å². The summed E-state index contributed by atoms with van der Waals surface area (Å²) in [6.07, 6.45) is 2.60. The molecule has 0 saturated heterocycles. The molecule has 3 rings (SSSR count). The summed E-state index contributed by atoms with van der Waals surface area (Å²) in [5, 5.41) is 4.57. The Balaban J connectivity index is 2.13. The quantitative estimate of drug-likeness (QED) is 0.661. The molecule has 0 aliphatic heterocycles. The zero-order valence-corrected chi connectivity index (χ0v) is 13.0. The highest BCUT2D eigenvalue weighted by Crippen LogP contribution is 2.29. The average Bonchev–Trinajstić information content (AvgIpc) is 2.92. The van der Waals surface area contributed by atoms with Crippen LogP contribution in [0.3, 0.4) is 0 Å². The molecule has 0 aliphatic carbocycles. The van der Waals surface area contributed by atoms with Crippen molar-refractivity contribution in [2.24, 2.45) is 0 Å². The van der Waals surface area contributed by atoms with E-state index in [-0.39, 0.29) is 0 Å². The Bertz CT molecular complexity index is 791. The molecule has 0 unspecified atom stereocenters. The van der Waals surface area contributed by atoms with Crippen molar-refractivity contribution in [2.75, 3.05) is 0 Å². The zero-order valence-electron chi connectivity index (χ0n) is 11.5. The zero-order chi connectivity index (χ0) is 14.8. The smallest absolute Gasteiger partial charge is 0.153 e. The number of aldehydes is 1. The number of benzene rings is 2. The largest absolute Gasteiger partial charge is 0.298 e. The number of hydrogen-bond acceptors (Lipinski definition) is 2. The molecule has 0 spiro atoms. The van der Waals surface area contributed by atoms with Gasteiger partial charge >= 0.3 is 0 Å². The average molecular weight is 341 g/mol. The molecule has 2 aromatic carbocycles. The van der Waals surface area contributed by atoms with E-state index in [0.29, 0.717) is 11.3 Å². The van der Waals surface area contributed by atoms with Crippen LogP contribution in [0.5, 0.6) is 0 Å². The van der Waals surface area contributed by atoms with Crippen molar-refractivity contribution in [3.63, 3.8) is 0 Å². The van der Waals surface area contributed by atoms with Gasteiger partial charge in [-0.1, -0.05) is 51.8 Å². The molecule has 0 aliphatic rings. The molecule has 0 N–H and O–H groups in total. The van der Waals surface area contributed by atoms with Gasteiger partial charge in [0, 0.05) is 16.2 Å². The lowest BCUT2D eigenvalue weighted by Gasteiger charge is -2.02. The number of nitrogens with zero attached hydrogens (tertiary/aromatic N) is 2. The molecule has 0 saturated carbocycles. The van der Waals surface area contributed by atoms with Crippen LogP contribution in [-0.2, 0) is 0 Å². The molecule has 1 aromatic heterocycles. The van der Waals surface area contributed by atoms with E-state index >= 15 is 0 Å². The first kappa shape index (κ1) is 13.8. The Kier molecular flexibility index (Phi) is 3.71. The summed E-state index contributed by atoms with van der Waals surface area (Å²) >= 11 is 3.51. The van der Waals surface area contributed by atoms with Crippen molar-refractivity contribution in [2.45, 2.75) is 6.92 Å². The second kappa shape index (κ2) is 5.66. The number of carbonyl (C=O) groups is 1. The highest BCUT2D eigenvalue weighted by molar-refractivity contribution is 9.10. The summed E-state index contributed by atoms with van der Waals surface area (Å²) in [4.78, 5) is 11.3. The number of aryl methyl sites for hydroxylation is 1. The standard InChI is InChI=1S/C17H13BrN2O/c1-12-6-8-14(9-7-12)20-10-13(11-21)17(19-20)15-4-2-3-5-16(15)18/h2-11H,1H3. The van der Waals surface area contributed by atoms with Gasteiger partial charge < -0.3 is 0 Å². The first-order chi connectivity index (χ1) is 10.2. The van der Waals surface area contributed by atoms with E-state index < -0.39 is 0 Å². The Morgan fingerprint density at radius 3 is 2.48 bits per heavy atom. The van der Waals surface area contributed by atoms with Gasteiger partial charge in [-0.3, -0.25) is 4.79 Å². The second-order valence-electron chi connectivity index (χ2n) is 4.81. The lowest BCUT2D eigenvalue weighted by molar-refractivity contribution is 0.112. The number of halogens is 1. The summed E-state index contributed by atoms with van der Waals surface area (Å²) in [6.45, 7) is 2.04. The van der Waals surface area contributed by atoms with Crippen LogP contribution >= 0.6 is 15.9 Å². The SMILES string of the molecule is Cc1ccc(-n2cc(C=O)c(-c3ccccc3Br)n2)cc1. The van der Waals surface area contributed by atoms with Crippen LogP contribution in [0, 0.1) is 6.92 Å². The minimum atomic E-state index is 0.572. The summed E-state index contributed by atoms with van der Waals surface area (Å²) in [7, 11) is 0. The molecule has 3 aromatic rings. The molecule has 0 radical (unpaired) electrons. The van der Waals surface area contributed by atoms with E-state index in [4.69, 9.17) is 0 Å². The van der Waals surface area contributed by atoms with Crippen molar-refractivity contribution in [3.05, 3.63) is 70.3 Å². The number of rotatable bonds is 3. The molecule has 0 fully saturated rings. The van der Waals surface area contributed by atoms with Gasteiger partial charge in [0.15, 0.2) is 6.29 Å². The van der Waals surface area contributed by atoms with Crippen molar-refractivity contribution in [1.82, 2.24) is 9.78 Å². The van der Waals surface area contributed by atoms with Crippen LogP contribution in [0.15, 0.2) is 59.2 Å². The molecule has 3 nitrogen and oxygen atoms in total. The number of aromatic nitrogens is 2. The Labute approximate surface area is 131 Å². The predicted molar refractivity (Wildman–Crippen MR) is 86.8 cm³/mol. The maximum atomic E-state index is 11.3. The first-order valence-electron chi connectivity index (χ1n) is 6.56. The van der Waals surface area contributed by atoms with Crippen molar-refractivity contribution in [1.29, 1.82) is 0 Å². The number of carbonyl (C=O) groups excluding carboxylic acids is 1. The monoisotopic (exact) mass is 340 g/mol. The first-order valence-corrected chi connectivity index (χ1v) is 7.35. The van der Waals surface area contributed by atoms with Crippen molar-refractivity contribution >= 4 is 22.2 Å². The maximum Gasteiger partial charge on any atom is 0.153 e. The van der Waals surface area contributed by atoms with Gasteiger partial charge in [-0.25, -0.2) is 4.68 Å². The van der Waals surface area contributed by atoms with Gasteiger partial charge in [0.2, 0.25) is 0 Å². The predicted octanol–water partition coefficient (Wildman–Crippen LogP) is 4.42. The highest BCUT2D eigenvalue weighted by atomic mass is 79.9. The summed E-state index contributed by atoms with van der Waals surface area (Å²) in [5.74, 6) is 0. The molecule has 1 heterocycles. The molecular formula is C17H13BrN2O. The van der Waals surface area contributed by atoms with Gasteiger partial charge in [0.1, 0.15) is 5.69 Å². The molecule has 104 valence electrons. The third-order valence-corrected chi connectivity index (χ3v) is 3.99. The van der Waals surface area contributed by atoms with E-state index in [9.17, 15) is 4.79 Å². The fourth-order valence-corrected chi connectivity index (χ4v) is 2.64. The Morgan fingerprint density at radius 2 is 1.81 bits per heavy atom. The third-order valence-electron chi connectivity index (χ3n) is 3.30. The minimum Gasteiger partial charge on any atom is -0.298 e. The molecular weight excluding hydrogens is 328 g/mol. The second-order valence-corrected chi connectivity index (χ2v) is 5.67. The van der Waals surface area contributed by atoms with Gasteiger partial charge in [-0.15, -0.1) is 0 Å². The summed E-state index contributed by atoms with van der Waals surface area (Å²) in [5.41, 5.74) is 4.28. The van der Waals surface area contributed by atoms with E-state index in [1.165, 1.54) is 5.56 Å². The summed E-state index contributed by atoms with van der Waals surface area (Å²) < 4.78 is 2.65. The topological polar surface area (TPSA) is 34.9 Å². The molecule has 21 heavy (non-hydrogen) atoms. The van der Waals surface area contributed by atoms with E-state index in [1.54, 1.807) is 10.9 Å². The fourth-order valence-electron chi connectivity index (χ4n) is 2.17. The fraction of sp³-hybridized carbons (Fsp3) is 0.0588. The van der Waals surface area contributed by atoms with Crippen LogP contribution in [-0.4, -0.2) is 16.1 Å². The van der Waals surface area contributed by atoms with Crippen LogP contribution in [0.1, 0.15) is 15.9 Å².